The Labute approximate surface area is 162 Å². The molecule has 2 aliphatic rings. The number of hydrogen-bond acceptors (Lipinski definition) is 2. The Morgan fingerprint density at radius 1 is 0.963 bits per heavy atom. The van der Waals surface area contributed by atoms with E-state index in [0.29, 0.717) is 17.8 Å². The highest BCUT2D eigenvalue weighted by atomic mass is 16.5. The second-order valence-corrected chi connectivity index (χ2v) is 8.61. The molecule has 4 atom stereocenters. The lowest BCUT2D eigenvalue weighted by molar-refractivity contribution is 0.0264. The first-order valence-corrected chi connectivity index (χ1v) is 10.3. The number of aliphatic hydroxyl groups is 1. The molecule has 0 saturated heterocycles. The molecule has 0 radical (unpaired) electrons. The van der Waals surface area contributed by atoms with Crippen molar-refractivity contribution in [2.45, 2.75) is 52.2 Å². The standard InChI is InChI=1S/C25H30O2/c1-16(2)19-13-12-17(3)14-23(19)27-24-15-18-8-4-5-9-20(18)25(26)22-11-7-6-10-21(22)24/h4-11,15-17,19,23,25-26H,12-14H2,1-3H3. The molecule has 2 aliphatic carbocycles. The van der Waals surface area contributed by atoms with Crippen molar-refractivity contribution < 1.29 is 9.84 Å². The van der Waals surface area contributed by atoms with E-state index >= 15 is 0 Å². The molecule has 2 aromatic rings. The highest BCUT2D eigenvalue weighted by molar-refractivity contribution is 5.82. The van der Waals surface area contributed by atoms with E-state index in [0.717, 1.165) is 34.4 Å². The zero-order valence-electron chi connectivity index (χ0n) is 16.6. The normalized spacial score (nSPS) is 27.4. The van der Waals surface area contributed by atoms with Crippen LogP contribution in [0.2, 0.25) is 0 Å². The first kappa shape index (κ1) is 18.3. The van der Waals surface area contributed by atoms with Crippen LogP contribution in [0.15, 0.2) is 48.5 Å². The van der Waals surface area contributed by atoms with Gasteiger partial charge in [-0.2, -0.15) is 0 Å². The molecule has 0 bridgehead atoms. The first-order chi connectivity index (χ1) is 13.0. The number of aliphatic hydroxyl groups excluding tert-OH is 1. The molecule has 0 heterocycles. The average molecular weight is 363 g/mol. The minimum Gasteiger partial charge on any atom is -0.489 e. The lowest BCUT2D eigenvalue weighted by atomic mass is 9.75. The number of ether oxygens (including phenoxy) is 1. The van der Waals surface area contributed by atoms with Crippen LogP contribution < -0.4 is 0 Å². The first-order valence-electron chi connectivity index (χ1n) is 10.3. The van der Waals surface area contributed by atoms with E-state index in [4.69, 9.17) is 4.74 Å². The van der Waals surface area contributed by atoms with Gasteiger partial charge in [0.1, 0.15) is 18.0 Å². The number of hydrogen-bond donors (Lipinski definition) is 1. The SMILES string of the molecule is CC1CCC(C(C)C)C(OC2=Cc3ccccc3C(O)c3ccccc32)C1. The van der Waals surface area contributed by atoms with E-state index in [1.54, 1.807) is 0 Å². The van der Waals surface area contributed by atoms with Crippen LogP contribution in [0, 0.1) is 17.8 Å². The van der Waals surface area contributed by atoms with Gasteiger partial charge in [0.15, 0.2) is 0 Å². The van der Waals surface area contributed by atoms with Gasteiger partial charge >= 0.3 is 0 Å². The predicted molar refractivity (Wildman–Crippen MR) is 111 cm³/mol. The summed E-state index contributed by atoms with van der Waals surface area (Å²) in [5.41, 5.74) is 3.93. The van der Waals surface area contributed by atoms with Crippen molar-refractivity contribution in [3.05, 3.63) is 70.8 Å². The monoisotopic (exact) mass is 362 g/mol. The van der Waals surface area contributed by atoms with E-state index in [-0.39, 0.29) is 6.10 Å². The molecule has 27 heavy (non-hydrogen) atoms. The zero-order valence-corrected chi connectivity index (χ0v) is 16.6. The van der Waals surface area contributed by atoms with Crippen molar-refractivity contribution in [3.63, 3.8) is 0 Å². The lowest BCUT2D eigenvalue weighted by Gasteiger charge is -2.38. The summed E-state index contributed by atoms with van der Waals surface area (Å²) < 4.78 is 6.74. The van der Waals surface area contributed by atoms with Crippen molar-refractivity contribution in [2.75, 3.05) is 0 Å². The second-order valence-electron chi connectivity index (χ2n) is 8.61. The third-order valence-corrected chi connectivity index (χ3v) is 6.34. The van der Waals surface area contributed by atoms with Crippen molar-refractivity contribution in [3.8, 4) is 0 Å². The molecule has 2 nitrogen and oxygen atoms in total. The Kier molecular flexibility index (Phi) is 5.10. The largest absolute Gasteiger partial charge is 0.489 e. The van der Waals surface area contributed by atoms with Crippen LogP contribution in [0.4, 0.5) is 0 Å². The molecule has 1 saturated carbocycles. The van der Waals surface area contributed by atoms with Gasteiger partial charge in [-0.3, -0.25) is 0 Å². The van der Waals surface area contributed by atoms with Gasteiger partial charge < -0.3 is 9.84 Å². The molecule has 2 heteroatoms. The number of benzene rings is 2. The maximum atomic E-state index is 11.0. The van der Waals surface area contributed by atoms with Gasteiger partial charge in [0.25, 0.3) is 0 Å². The summed E-state index contributed by atoms with van der Waals surface area (Å²) in [4.78, 5) is 0. The summed E-state index contributed by atoms with van der Waals surface area (Å²) in [5.74, 6) is 2.79. The second kappa shape index (κ2) is 7.52. The number of fused-ring (bicyclic) bond motifs is 2. The Morgan fingerprint density at radius 2 is 1.67 bits per heavy atom. The van der Waals surface area contributed by atoms with E-state index in [1.807, 2.05) is 36.4 Å². The molecule has 4 unspecified atom stereocenters. The number of rotatable bonds is 3. The molecule has 4 rings (SSSR count). The van der Waals surface area contributed by atoms with Crippen molar-refractivity contribution in [1.29, 1.82) is 0 Å². The summed E-state index contributed by atoms with van der Waals surface area (Å²) in [6.07, 6.45) is 5.36. The Balaban J connectivity index is 1.76. The van der Waals surface area contributed by atoms with E-state index < -0.39 is 6.10 Å². The Morgan fingerprint density at radius 3 is 2.44 bits per heavy atom. The highest BCUT2D eigenvalue weighted by Crippen LogP contribution is 2.41. The van der Waals surface area contributed by atoms with Gasteiger partial charge in [0, 0.05) is 5.56 Å². The molecule has 1 N–H and O–H groups in total. The zero-order chi connectivity index (χ0) is 19.0. The van der Waals surface area contributed by atoms with E-state index in [1.165, 1.54) is 12.8 Å². The Bertz CT molecular complexity index is 836. The smallest absolute Gasteiger partial charge is 0.127 e. The third-order valence-electron chi connectivity index (χ3n) is 6.34. The average Bonchev–Trinajstić information content (AvgIpc) is 2.78. The molecular formula is C25H30O2. The summed E-state index contributed by atoms with van der Waals surface area (Å²) in [6.45, 7) is 6.96. The van der Waals surface area contributed by atoms with Gasteiger partial charge in [-0.25, -0.2) is 0 Å². The minimum atomic E-state index is -0.624. The van der Waals surface area contributed by atoms with Gasteiger partial charge in [-0.05, 0) is 53.4 Å². The highest BCUT2D eigenvalue weighted by Gasteiger charge is 2.34. The van der Waals surface area contributed by atoms with Gasteiger partial charge in [0.05, 0.1) is 0 Å². The van der Waals surface area contributed by atoms with Crippen LogP contribution in [-0.2, 0) is 4.74 Å². The van der Waals surface area contributed by atoms with Crippen molar-refractivity contribution in [2.24, 2.45) is 17.8 Å². The predicted octanol–water partition coefficient (Wildman–Crippen LogP) is 6.06. The lowest BCUT2D eigenvalue weighted by Crippen LogP contribution is -2.34. The molecule has 0 spiro atoms. The molecule has 1 fully saturated rings. The fourth-order valence-corrected chi connectivity index (χ4v) is 4.75. The molecule has 2 aromatic carbocycles. The van der Waals surface area contributed by atoms with Crippen molar-refractivity contribution in [1.82, 2.24) is 0 Å². The maximum Gasteiger partial charge on any atom is 0.127 e. The van der Waals surface area contributed by atoms with Crippen LogP contribution in [-0.4, -0.2) is 11.2 Å². The van der Waals surface area contributed by atoms with Crippen LogP contribution >= 0.6 is 0 Å². The van der Waals surface area contributed by atoms with Crippen LogP contribution in [0.5, 0.6) is 0 Å². The molecule has 0 aromatic heterocycles. The van der Waals surface area contributed by atoms with Crippen LogP contribution in [0.25, 0.3) is 11.8 Å². The quantitative estimate of drug-likeness (QED) is 0.719. The molecular weight excluding hydrogens is 332 g/mol. The van der Waals surface area contributed by atoms with E-state index in [9.17, 15) is 5.11 Å². The van der Waals surface area contributed by atoms with Crippen LogP contribution in [0.3, 0.4) is 0 Å². The summed E-state index contributed by atoms with van der Waals surface area (Å²) in [7, 11) is 0. The maximum absolute atomic E-state index is 11.0. The third kappa shape index (κ3) is 3.55. The Hall–Kier alpha value is -2.06. The van der Waals surface area contributed by atoms with E-state index in [2.05, 4.69) is 39.0 Å². The van der Waals surface area contributed by atoms with Gasteiger partial charge in [-0.1, -0.05) is 75.7 Å². The molecule has 0 amide bonds. The fourth-order valence-electron chi connectivity index (χ4n) is 4.75. The summed E-state index contributed by atoms with van der Waals surface area (Å²) in [6, 6.07) is 16.2. The molecule has 142 valence electrons. The van der Waals surface area contributed by atoms with Gasteiger partial charge in [0.2, 0.25) is 0 Å². The summed E-state index contributed by atoms with van der Waals surface area (Å²) in [5, 5.41) is 11.0. The topological polar surface area (TPSA) is 29.5 Å². The van der Waals surface area contributed by atoms with Gasteiger partial charge in [-0.15, -0.1) is 0 Å². The van der Waals surface area contributed by atoms with Crippen molar-refractivity contribution >= 4 is 11.8 Å². The minimum absolute atomic E-state index is 0.232. The van der Waals surface area contributed by atoms with Crippen LogP contribution in [0.1, 0.15) is 68.4 Å². The molecule has 0 aliphatic heterocycles. The fraction of sp³-hybridized carbons (Fsp3) is 0.440. The summed E-state index contributed by atoms with van der Waals surface area (Å²) >= 11 is 0.